The third-order valence-electron chi connectivity index (χ3n) is 2.96. The number of carbonyl (C=O) groups is 1. The van der Waals surface area contributed by atoms with Gasteiger partial charge in [-0.05, 0) is 31.5 Å². The summed E-state index contributed by atoms with van der Waals surface area (Å²) in [5, 5.41) is 16.4. The van der Waals surface area contributed by atoms with Crippen LogP contribution in [-0.4, -0.2) is 20.8 Å². The molecule has 2 rings (SSSR count). The van der Waals surface area contributed by atoms with Gasteiger partial charge in [-0.25, -0.2) is 0 Å². The Kier molecular flexibility index (Phi) is 4.42. The second-order valence-electron chi connectivity index (χ2n) is 4.38. The Bertz CT molecular complexity index is 637. The number of hydrogen-bond donors (Lipinski definition) is 2. The number of anilines is 1. The van der Waals surface area contributed by atoms with Crippen molar-refractivity contribution in [1.29, 1.82) is 0 Å². The van der Waals surface area contributed by atoms with Gasteiger partial charge in [0.2, 0.25) is 0 Å². The molecule has 106 valence electrons. The van der Waals surface area contributed by atoms with Crippen molar-refractivity contribution in [3.05, 3.63) is 46.2 Å². The first-order chi connectivity index (χ1) is 9.56. The number of benzene rings is 1. The van der Waals surface area contributed by atoms with Gasteiger partial charge in [-0.2, -0.15) is 5.10 Å². The number of rotatable bonds is 4. The molecule has 0 aliphatic rings. The molecule has 0 atom stereocenters. The molecule has 0 radical (unpaired) electrons. The quantitative estimate of drug-likeness (QED) is 0.910. The molecule has 0 saturated heterocycles. The second kappa shape index (κ2) is 6.07. The lowest BCUT2D eigenvalue weighted by atomic mass is 10.2. The zero-order chi connectivity index (χ0) is 14.7. The van der Waals surface area contributed by atoms with E-state index in [2.05, 4.69) is 10.4 Å². The SMILES string of the molecule is CCn1nc(C)c(C(=O)Nc2cccc(CO)c2)c1Cl. The van der Waals surface area contributed by atoms with Crippen LogP contribution in [0.5, 0.6) is 0 Å². The molecule has 2 N–H and O–H groups in total. The number of hydrogen-bond acceptors (Lipinski definition) is 3. The monoisotopic (exact) mass is 293 g/mol. The molecule has 0 aliphatic heterocycles. The summed E-state index contributed by atoms with van der Waals surface area (Å²) in [5.74, 6) is -0.303. The molecule has 0 spiro atoms. The molecular formula is C14H16ClN3O2. The van der Waals surface area contributed by atoms with Gasteiger partial charge in [-0.15, -0.1) is 0 Å². The summed E-state index contributed by atoms with van der Waals surface area (Å²) in [6, 6.07) is 7.02. The van der Waals surface area contributed by atoms with Crippen molar-refractivity contribution in [2.45, 2.75) is 27.0 Å². The van der Waals surface area contributed by atoms with Crippen LogP contribution in [0.25, 0.3) is 0 Å². The van der Waals surface area contributed by atoms with Crippen molar-refractivity contribution in [2.24, 2.45) is 0 Å². The lowest BCUT2D eigenvalue weighted by molar-refractivity contribution is 0.102. The molecule has 2 aromatic rings. The first-order valence-electron chi connectivity index (χ1n) is 6.30. The first-order valence-corrected chi connectivity index (χ1v) is 6.68. The van der Waals surface area contributed by atoms with E-state index < -0.39 is 0 Å². The number of amides is 1. The second-order valence-corrected chi connectivity index (χ2v) is 4.74. The van der Waals surface area contributed by atoms with E-state index in [0.717, 1.165) is 5.56 Å². The summed E-state index contributed by atoms with van der Waals surface area (Å²) >= 11 is 6.15. The van der Waals surface area contributed by atoms with Crippen molar-refractivity contribution in [2.75, 3.05) is 5.32 Å². The summed E-state index contributed by atoms with van der Waals surface area (Å²) in [7, 11) is 0. The van der Waals surface area contributed by atoms with Crippen molar-refractivity contribution in [1.82, 2.24) is 9.78 Å². The number of aryl methyl sites for hydroxylation is 2. The largest absolute Gasteiger partial charge is 0.392 e. The molecule has 20 heavy (non-hydrogen) atoms. The topological polar surface area (TPSA) is 67.2 Å². The highest BCUT2D eigenvalue weighted by atomic mass is 35.5. The fraction of sp³-hybridized carbons (Fsp3) is 0.286. The number of nitrogens with zero attached hydrogens (tertiary/aromatic N) is 2. The van der Waals surface area contributed by atoms with Gasteiger partial charge in [-0.3, -0.25) is 9.48 Å². The Balaban J connectivity index is 2.26. The van der Waals surface area contributed by atoms with Gasteiger partial charge >= 0.3 is 0 Å². The van der Waals surface area contributed by atoms with Crippen LogP contribution in [0.1, 0.15) is 28.5 Å². The smallest absolute Gasteiger partial charge is 0.260 e. The van der Waals surface area contributed by atoms with Crippen molar-refractivity contribution < 1.29 is 9.90 Å². The van der Waals surface area contributed by atoms with Gasteiger partial charge in [0.1, 0.15) is 5.15 Å². The maximum Gasteiger partial charge on any atom is 0.260 e. The van der Waals surface area contributed by atoms with E-state index in [-0.39, 0.29) is 12.5 Å². The fourth-order valence-corrected chi connectivity index (χ4v) is 2.34. The van der Waals surface area contributed by atoms with Crippen LogP contribution >= 0.6 is 11.6 Å². The minimum atomic E-state index is -0.303. The Morgan fingerprint density at radius 3 is 2.85 bits per heavy atom. The Hall–Kier alpha value is -1.85. The molecule has 0 unspecified atom stereocenters. The third-order valence-corrected chi connectivity index (χ3v) is 3.34. The normalized spacial score (nSPS) is 10.6. The molecule has 1 heterocycles. The summed E-state index contributed by atoms with van der Waals surface area (Å²) in [6.45, 7) is 4.19. The average molecular weight is 294 g/mol. The maximum atomic E-state index is 12.3. The number of aromatic nitrogens is 2. The molecular weight excluding hydrogens is 278 g/mol. The van der Waals surface area contributed by atoms with E-state index in [1.54, 1.807) is 35.9 Å². The molecule has 1 aromatic carbocycles. The summed E-state index contributed by atoms with van der Waals surface area (Å²) in [4.78, 5) is 12.3. The Morgan fingerprint density at radius 2 is 2.25 bits per heavy atom. The summed E-state index contributed by atoms with van der Waals surface area (Å²) in [6.07, 6.45) is 0. The summed E-state index contributed by atoms with van der Waals surface area (Å²) < 4.78 is 1.58. The van der Waals surface area contributed by atoms with Crippen molar-refractivity contribution in [3.8, 4) is 0 Å². The van der Waals surface area contributed by atoms with Gasteiger partial charge in [0, 0.05) is 12.2 Å². The predicted octanol–water partition coefficient (Wildman–Crippen LogP) is 2.61. The predicted molar refractivity (Wildman–Crippen MR) is 78.0 cm³/mol. The van der Waals surface area contributed by atoms with E-state index in [4.69, 9.17) is 16.7 Å². The van der Waals surface area contributed by atoms with Gasteiger partial charge in [0.15, 0.2) is 0 Å². The molecule has 5 nitrogen and oxygen atoms in total. The highest BCUT2D eigenvalue weighted by Gasteiger charge is 2.19. The van der Waals surface area contributed by atoms with Gasteiger partial charge in [0.25, 0.3) is 5.91 Å². The first kappa shape index (κ1) is 14.6. The minimum absolute atomic E-state index is 0.0722. The highest BCUT2D eigenvalue weighted by Crippen LogP contribution is 2.21. The Labute approximate surface area is 122 Å². The van der Waals surface area contributed by atoms with Gasteiger partial charge < -0.3 is 10.4 Å². The average Bonchev–Trinajstić information content (AvgIpc) is 2.73. The lowest BCUT2D eigenvalue weighted by Crippen LogP contribution is -2.13. The fourth-order valence-electron chi connectivity index (χ4n) is 1.96. The van der Waals surface area contributed by atoms with Crippen LogP contribution in [0.2, 0.25) is 5.15 Å². The zero-order valence-electron chi connectivity index (χ0n) is 11.4. The number of halogens is 1. The van der Waals surface area contributed by atoms with Crippen LogP contribution < -0.4 is 5.32 Å². The van der Waals surface area contributed by atoms with Crippen LogP contribution in [0.3, 0.4) is 0 Å². The molecule has 1 aromatic heterocycles. The van der Waals surface area contributed by atoms with Crippen LogP contribution in [0, 0.1) is 6.92 Å². The minimum Gasteiger partial charge on any atom is -0.392 e. The maximum absolute atomic E-state index is 12.3. The lowest BCUT2D eigenvalue weighted by Gasteiger charge is -2.06. The standard InChI is InChI=1S/C14H16ClN3O2/c1-3-18-13(15)12(9(2)17-18)14(20)16-11-6-4-5-10(7-11)8-19/h4-7,19H,3,8H2,1-2H3,(H,16,20). The van der Waals surface area contributed by atoms with Crippen LogP contribution in [0.15, 0.2) is 24.3 Å². The molecule has 0 fully saturated rings. The molecule has 0 aliphatic carbocycles. The van der Waals surface area contributed by atoms with Gasteiger partial charge in [0.05, 0.1) is 17.9 Å². The molecule has 0 saturated carbocycles. The van der Waals surface area contributed by atoms with Crippen molar-refractivity contribution >= 4 is 23.2 Å². The van der Waals surface area contributed by atoms with Crippen LogP contribution in [-0.2, 0) is 13.2 Å². The molecule has 6 heteroatoms. The van der Waals surface area contributed by atoms with E-state index in [1.165, 1.54) is 0 Å². The van der Waals surface area contributed by atoms with Crippen molar-refractivity contribution in [3.63, 3.8) is 0 Å². The Morgan fingerprint density at radius 1 is 1.50 bits per heavy atom. The number of nitrogens with one attached hydrogen (secondary N) is 1. The molecule has 0 bridgehead atoms. The third kappa shape index (κ3) is 2.84. The van der Waals surface area contributed by atoms with E-state index in [1.807, 2.05) is 6.92 Å². The number of aliphatic hydroxyl groups excluding tert-OH is 1. The van der Waals surface area contributed by atoms with E-state index in [0.29, 0.717) is 28.6 Å². The van der Waals surface area contributed by atoms with Gasteiger partial charge in [-0.1, -0.05) is 23.7 Å². The van der Waals surface area contributed by atoms with E-state index in [9.17, 15) is 4.79 Å². The molecule has 1 amide bonds. The van der Waals surface area contributed by atoms with E-state index >= 15 is 0 Å². The van der Waals surface area contributed by atoms with Crippen LogP contribution in [0.4, 0.5) is 5.69 Å². The number of aliphatic hydroxyl groups is 1. The highest BCUT2D eigenvalue weighted by molar-refractivity contribution is 6.33. The summed E-state index contributed by atoms with van der Waals surface area (Å²) in [5.41, 5.74) is 2.31. The number of carbonyl (C=O) groups excluding carboxylic acids is 1. The zero-order valence-corrected chi connectivity index (χ0v) is 12.1.